The second-order valence-electron chi connectivity index (χ2n) is 6.01. The molecular formula is C18H21N3O2. The number of hydrogen-bond donors (Lipinski definition) is 1. The van der Waals surface area contributed by atoms with E-state index >= 15 is 0 Å². The minimum Gasteiger partial charge on any atom is -0.350 e. The predicted octanol–water partition coefficient (Wildman–Crippen LogP) is 2.37. The van der Waals surface area contributed by atoms with Gasteiger partial charge in [-0.05, 0) is 44.0 Å². The summed E-state index contributed by atoms with van der Waals surface area (Å²) in [4.78, 5) is 30.3. The molecule has 5 nitrogen and oxygen atoms in total. The molecule has 2 heterocycles. The Morgan fingerprint density at radius 3 is 3.04 bits per heavy atom. The topological polar surface area (TPSA) is 62.3 Å². The zero-order valence-electron chi connectivity index (χ0n) is 13.3. The van der Waals surface area contributed by atoms with Gasteiger partial charge in [0, 0.05) is 42.7 Å². The molecular weight excluding hydrogens is 290 g/mol. The fraction of sp³-hybridized carbons (Fsp3) is 0.389. The lowest BCUT2D eigenvalue weighted by atomic mass is 10.1. The summed E-state index contributed by atoms with van der Waals surface area (Å²) in [6.07, 6.45) is 4.37. The Bertz CT molecular complexity index is 729. The van der Waals surface area contributed by atoms with Crippen LogP contribution in [0.1, 0.15) is 36.5 Å². The number of aromatic nitrogens is 1. The molecule has 3 rings (SSSR count). The molecule has 0 saturated carbocycles. The van der Waals surface area contributed by atoms with Crippen molar-refractivity contribution in [1.82, 2.24) is 15.2 Å². The molecule has 1 saturated heterocycles. The SMILES string of the molecule is C[C@@H](CNC(=O)c1ccc2ncccc2c1)N1CCCCC1=O. The van der Waals surface area contributed by atoms with Gasteiger partial charge in [-0.25, -0.2) is 0 Å². The summed E-state index contributed by atoms with van der Waals surface area (Å²) in [6, 6.07) is 9.29. The number of pyridine rings is 1. The number of hydrogen-bond acceptors (Lipinski definition) is 3. The number of fused-ring (bicyclic) bond motifs is 1. The van der Waals surface area contributed by atoms with E-state index in [1.165, 1.54) is 0 Å². The first-order chi connectivity index (χ1) is 11.1. The highest BCUT2D eigenvalue weighted by molar-refractivity contribution is 5.97. The van der Waals surface area contributed by atoms with Crippen molar-refractivity contribution in [3.63, 3.8) is 0 Å². The first kappa shape index (κ1) is 15.5. The normalized spacial score (nSPS) is 16.4. The Labute approximate surface area is 135 Å². The lowest BCUT2D eigenvalue weighted by Gasteiger charge is -2.32. The summed E-state index contributed by atoms with van der Waals surface area (Å²) in [5.74, 6) is 0.0711. The van der Waals surface area contributed by atoms with Gasteiger partial charge in [0.05, 0.1) is 5.52 Å². The number of likely N-dealkylation sites (tertiary alicyclic amines) is 1. The summed E-state index contributed by atoms with van der Waals surface area (Å²) in [5.41, 5.74) is 1.49. The molecule has 2 amide bonds. The molecule has 0 radical (unpaired) electrons. The van der Waals surface area contributed by atoms with Gasteiger partial charge in [0.2, 0.25) is 5.91 Å². The third-order valence-electron chi connectivity index (χ3n) is 4.32. The molecule has 23 heavy (non-hydrogen) atoms. The van der Waals surface area contributed by atoms with Gasteiger partial charge in [-0.2, -0.15) is 0 Å². The first-order valence-corrected chi connectivity index (χ1v) is 8.07. The van der Waals surface area contributed by atoms with Crippen molar-refractivity contribution >= 4 is 22.7 Å². The van der Waals surface area contributed by atoms with Crippen molar-refractivity contribution in [2.75, 3.05) is 13.1 Å². The maximum absolute atomic E-state index is 12.3. The molecule has 1 atom stereocenters. The standard InChI is InChI=1S/C18H21N3O2/c1-13(21-10-3-2-6-17(21)22)12-20-18(23)15-7-8-16-14(11-15)5-4-9-19-16/h4-5,7-9,11,13H,2-3,6,10,12H2,1H3,(H,20,23)/t13-/m0/s1. The van der Waals surface area contributed by atoms with Crippen LogP contribution in [0.4, 0.5) is 0 Å². The van der Waals surface area contributed by atoms with Crippen molar-refractivity contribution in [3.05, 3.63) is 42.1 Å². The zero-order valence-corrected chi connectivity index (χ0v) is 13.3. The fourth-order valence-electron chi connectivity index (χ4n) is 2.96. The molecule has 1 aliphatic heterocycles. The van der Waals surface area contributed by atoms with E-state index < -0.39 is 0 Å². The largest absolute Gasteiger partial charge is 0.350 e. The summed E-state index contributed by atoms with van der Waals surface area (Å²) in [5, 5.41) is 3.87. The molecule has 5 heteroatoms. The molecule has 2 aromatic rings. The van der Waals surface area contributed by atoms with Gasteiger partial charge >= 0.3 is 0 Å². The number of carbonyl (C=O) groups excluding carboxylic acids is 2. The number of piperidine rings is 1. The highest BCUT2D eigenvalue weighted by Crippen LogP contribution is 2.15. The molecule has 1 fully saturated rings. The van der Waals surface area contributed by atoms with E-state index in [-0.39, 0.29) is 17.9 Å². The van der Waals surface area contributed by atoms with Crippen LogP contribution in [0.25, 0.3) is 10.9 Å². The van der Waals surface area contributed by atoms with E-state index in [2.05, 4.69) is 10.3 Å². The minimum absolute atomic E-state index is 0.0221. The average Bonchev–Trinajstić information content (AvgIpc) is 2.59. The maximum atomic E-state index is 12.3. The van der Waals surface area contributed by atoms with Crippen molar-refractivity contribution in [3.8, 4) is 0 Å². The van der Waals surface area contributed by atoms with Gasteiger partial charge in [-0.15, -0.1) is 0 Å². The Hall–Kier alpha value is -2.43. The Morgan fingerprint density at radius 2 is 2.22 bits per heavy atom. The molecule has 1 aromatic carbocycles. The van der Waals surface area contributed by atoms with Gasteiger partial charge < -0.3 is 10.2 Å². The Balaban J connectivity index is 1.62. The third-order valence-corrected chi connectivity index (χ3v) is 4.32. The van der Waals surface area contributed by atoms with Gasteiger partial charge in [-0.3, -0.25) is 14.6 Å². The zero-order chi connectivity index (χ0) is 16.2. The van der Waals surface area contributed by atoms with Crippen LogP contribution in [0, 0.1) is 0 Å². The molecule has 120 valence electrons. The average molecular weight is 311 g/mol. The van der Waals surface area contributed by atoms with Crippen LogP contribution in [0.2, 0.25) is 0 Å². The monoisotopic (exact) mass is 311 g/mol. The number of rotatable bonds is 4. The van der Waals surface area contributed by atoms with Crippen LogP contribution in [0.3, 0.4) is 0 Å². The van der Waals surface area contributed by atoms with Crippen LogP contribution < -0.4 is 5.32 Å². The molecule has 1 N–H and O–H groups in total. The second kappa shape index (κ2) is 6.77. The minimum atomic E-state index is -0.118. The van der Waals surface area contributed by atoms with Crippen LogP contribution in [0.15, 0.2) is 36.5 Å². The van der Waals surface area contributed by atoms with E-state index in [9.17, 15) is 9.59 Å². The van der Waals surface area contributed by atoms with Crippen LogP contribution in [-0.4, -0.2) is 40.8 Å². The van der Waals surface area contributed by atoms with Crippen LogP contribution in [-0.2, 0) is 4.79 Å². The Kier molecular flexibility index (Phi) is 4.55. The van der Waals surface area contributed by atoms with Gasteiger partial charge in [0.25, 0.3) is 5.91 Å². The molecule has 0 aliphatic carbocycles. The second-order valence-corrected chi connectivity index (χ2v) is 6.01. The number of carbonyl (C=O) groups is 2. The van der Waals surface area contributed by atoms with Crippen LogP contribution in [0.5, 0.6) is 0 Å². The van der Waals surface area contributed by atoms with E-state index in [1.54, 1.807) is 12.3 Å². The van der Waals surface area contributed by atoms with Gasteiger partial charge in [0.15, 0.2) is 0 Å². The molecule has 1 aliphatic rings. The van der Waals surface area contributed by atoms with E-state index in [4.69, 9.17) is 0 Å². The number of benzene rings is 1. The fourth-order valence-corrected chi connectivity index (χ4v) is 2.96. The maximum Gasteiger partial charge on any atom is 0.251 e. The summed E-state index contributed by atoms with van der Waals surface area (Å²) in [7, 11) is 0. The van der Waals surface area contributed by atoms with Gasteiger partial charge in [-0.1, -0.05) is 6.07 Å². The number of nitrogens with zero attached hydrogens (tertiary/aromatic N) is 2. The smallest absolute Gasteiger partial charge is 0.251 e. The number of nitrogens with one attached hydrogen (secondary N) is 1. The third kappa shape index (κ3) is 3.50. The van der Waals surface area contributed by atoms with Crippen molar-refractivity contribution < 1.29 is 9.59 Å². The molecule has 1 aromatic heterocycles. The molecule has 0 spiro atoms. The van der Waals surface area contributed by atoms with Crippen LogP contribution >= 0.6 is 0 Å². The van der Waals surface area contributed by atoms with Crippen molar-refractivity contribution in [1.29, 1.82) is 0 Å². The van der Waals surface area contributed by atoms with Crippen molar-refractivity contribution in [2.24, 2.45) is 0 Å². The van der Waals surface area contributed by atoms with Gasteiger partial charge in [0.1, 0.15) is 0 Å². The Morgan fingerprint density at radius 1 is 1.35 bits per heavy atom. The summed E-state index contributed by atoms with van der Waals surface area (Å²) >= 11 is 0. The summed E-state index contributed by atoms with van der Waals surface area (Å²) in [6.45, 7) is 3.24. The lowest BCUT2D eigenvalue weighted by molar-refractivity contribution is -0.135. The summed E-state index contributed by atoms with van der Waals surface area (Å²) < 4.78 is 0. The highest BCUT2D eigenvalue weighted by atomic mass is 16.2. The predicted molar refractivity (Wildman–Crippen MR) is 89.1 cm³/mol. The first-order valence-electron chi connectivity index (χ1n) is 8.07. The lowest BCUT2D eigenvalue weighted by Crippen LogP contribution is -2.47. The van der Waals surface area contributed by atoms with E-state index in [0.717, 1.165) is 30.3 Å². The molecule has 0 unspecified atom stereocenters. The van der Waals surface area contributed by atoms with E-state index in [1.807, 2.05) is 36.1 Å². The highest BCUT2D eigenvalue weighted by Gasteiger charge is 2.23. The number of amides is 2. The quantitative estimate of drug-likeness (QED) is 0.943. The van der Waals surface area contributed by atoms with E-state index in [0.29, 0.717) is 18.5 Å². The molecule has 0 bridgehead atoms. The van der Waals surface area contributed by atoms with Crippen molar-refractivity contribution in [2.45, 2.75) is 32.2 Å².